The number of nitrogens with zero attached hydrogens (tertiary/aromatic N) is 5. The maximum atomic E-state index is 13.0. The van der Waals surface area contributed by atoms with E-state index in [0.29, 0.717) is 0 Å². The smallest absolute Gasteiger partial charge is 0.245 e. The highest BCUT2D eigenvalue weighted by atomic mass is 16.5. The first-order valence-electron chi connectivity index (χ1n) is 8.54. The summed E-state index contributed by atoms with van der Waals surface area (Å²) in [5, 5.41) is 5.30. The highest BCUT2D eigenvalue weighted by Crippen LogP contribution is 2.33. The van der Waals surface area contributed by atoms with Gasteiger partial charge >= 0.3 is 0 Å². The molecule has 7 heteroatoms. The molecule has 24 heavy (non-hydrogen) atoms. The van der Waals surface area contributed by atoms with E-state index in [2.05, 4.69) is 15.0 Å². The fourth-order valence-corrected chi connectivity index (χ4v) is 3.90. The van der Waals surface area contributed by atoms with E-state index < -0.39 is 0 Å². The molecule has 0 spiro atoms. The van der Waals surface area contributed by atoms with E-state index in [1.54, 1.807) is 18.0 Å². The Balaban J connectivity index is 1.71. The van der Waals surface area contributed by atoms with Crippen molar-refractivity contribution in [2.75, 3.05) is 31.6 Å². The normalized spacial score (nSPS) is 24.2. The van der Waals surface area contributed by atoms with Crippen molar-refractivity contribution >= 4 is 22.6 Å². The van der Waals surface area contributed by atoms with Gasteiger partial charge in [-0.25, -0.2) is 4.98 Å². The molecule has 0 aliphatic carbocycles. The summed E-state index contributed by atoms with van der Waals surface area (Å²) < 4.78 is 7.34. The summed E-state index contributed by atoms with van der Waals surface area (Å²) in [6, 6.07) is 1.81. The van der Waals surface area contributed by atoms with Gasteiger partial charge in [-0.3, -0.25) is 9.48 Å². The second-order valence-corrected chi connectivity index (χ2v) is 6.63. The molecule has 2 aromatic heterocycles. The van der Waals surface area contributed by atoms with Crippen LogP contribution in [0.5, 0.6) is 0 Å². The van der Waals surface area contributed by atoms with E-state index in [1.165, 1.54) is 0 Å². The minimum atomic E-state index is -0.168. The monoisotopic (exact) mass is 329 g/mol. The Morgan fingerprint density at radius 1 is 1.33 bits per heavy atom. The summed E-state index contributed by atoms with van der Waals surface area (Å²) in [6.45, 7) is 2.47. The molecule has 2 aliphatic rings. The number of amides is 1. The van der Waals surface area contributed by atoms with E-state index in [1.807, 2.05) is 24.2 Å². The second-order valence-electron chi connectivity index (χ2n) is 6.63. The zero-order chi connectivity index (χ0) is 16.7. The first kappa shape index (κ1) is 15.4. The van der Waals surface area contributed by atoms with Gasteiger partial charge in [0.2, 0.25) is 5.91 Å². The lowest BCUT2D eigenvalue weighted by atomic mass is 10.1. The van der Waals surface area contributed by atoms with Gasteiger partial charge in [0.15, 0.2) is 5.65 Å². The predicted molar refractivity (Wildman–Crippen MR) is 90.9 cm³/mol. The van der Waals surface area contributed by atoms with Crippen LogP contribution in [-0.2, 0) is 16.6 Å². The van der Waals surface area contributed by atoms with Crippen LogP contribution < -0.4 is 4.90 Å². The number of aromatic nitrogens is 3. The molecule has 2 saturated heterocycles. The van der Waals surface area contributed by atoms with Crippen LogP contribution in [0.1, 0.15) is 19.3 Å². The predicted octanol–water partition coefficient (Wildman–Crippen LogP) is 1.18. The lowest BCUT2D eigenvalue weighted by Gasteiger charge is -2.29. The van der Waals surface area contributed by atoms with E-state index >= 15 is 0 Å². The Kier molecular flexibility index (Phi) is 3.88. The van der Waals surface area contributed by atoms with Gasteiger partial charge in [0.05, 0.1) is 23.4 Å². The van der Waals surface area contributed by atoms with Gasteiger partial charge in [-0.1, -0.05) is 0 Å². The summed E-state index contributed by atoms with van der Waals surface area (Å²) in [5.41, 5.74) is 1.85. The molecule has 0 aromatic carbocycles. The molecule has 4 heterocycles. The van der Waals surface area contributed by atoms with Crippen LogP contribution in [0, 0.1) is 0 Å². The molecule has 7 nitrogen and oxygen atoms in total. The molecule has 128 valence electrons. The van der Waals surface area contributed by atoms with Crippen molar-refractivity contribution < 1.29 is 9.53 Å². The number of likely N-dealkylation sites (tertiary alicyclic amines) is 1. The van der Waals surface area contributed by atoms with Gasteiger partial charge in [-0.05, 0) is 18.9 Å². The topological polar surface area (TPSA) is 63.5 Å². The average molecular weight is 329 g/mol. The molecule has 2 aromatic rings. The fourth-order valence-electron chi connectivity index (χ4n) is 3.90. The molecule has 0 saturated carbocycles. The highest BCUT2D eigenvalue weighted by molar-refractivity contribution is 5.93. The molecule has 0 bridgehead atoms. The molecule has 0 N–H and O–H groups in total. The Morgan fingerprint density at radius 2 is 2.12 bits per heavy atom. The van der Waals surface area contributed by atoms with E-state index in [-0.39, 0.29) is 18.1 Å². The van der Waals surface area contributed by atoms with Crippen molar-refractivity contribution in [2.45, 2.75) is 31.4 Å². The first-order valence-corrected chi connectivity index (χ1v) is 8.54. The Labute approximate surface area is 141 Å². The molecule has 0 radical (unpaired) electrons. The number of anilines is 1. The van der Waals surface area contributed by atoms with Crippen molar-refractivity contribution in [1.29, 1.82) is 0 Å². The largest absolute Gasteiger partial charge is 0.380 e. The molecule has 2 atom stereocenters. The average Bonchev–Trinajstić information content (AvgIpc) is 3.34. The number of pyridine rings is 1. The van der Waals surface area contributed by atoms with E-state index in [0.717, 1.165) is 55.6 Å². The Hall–Kier alpha value is -2.15. The zero-order valence-electron chi connectivity index (χ0n) is 14.2. The zero-order valence-corrected chi connectivity index (χ0v) is 14.2. The van der Waals surface area contributed by atoms with Gasteiger partial charge in [-0.2, -0.15) is 5.10 Å². The number of aryl methyl sites for hydroxylation is 1. The Bertz CT molecular complexity index is 753. The number of carbonyl (C=O) groups excluding carboxylic acids is 1. The minimum Gasteiger partial charge on any atom is -0.380 e. The van der Waals surface area contributed by atoms with Crippen LogP contribution in [0.3, 0.4) is 0 Å². The number of ether oxygens (including phenoxy) is 1. The molecular weight excluding hydrogens is 306 g/mol. The number of carbonyl (C=O) groups is 1. The quantitative estimate of drug-likeness (QED) is 0.846. The summed E-state index contributed by atoms with van der Waals surface area (Å²) in [4.78, 5) is 21.6. The fraction of sp³-hybridized carbons (Fsp3) is 0.588. The Morgan fingerprint density at radius 3 is 2.88 bits per heavy atom. The molecule has 1 amide bonds. The maximum Gasteiger partial charge on any atom is 0.245 e. The van der Waals surface area contributed by atoms with Gasteiger partial charge in [0.1, 0.15) is 6.04 Å². The lowest BCUT2D eigenvalue weighted by Crippen LogP contribution is -2.44. The molecule has 4 rings (SSSR count). The van der Waals surface area contributed by atoms with Crippen LogP contribution in [-0.4, -0.2) is 64.5 Å². The lowest BCUT2D eigenvalue weighted by molar-refractivity contribution is -0.131. The van der Waals surface area contributed by atoms with E-state index in [4.69, 9.17) is 4.74 Å². The molecule has 2 fully saturated rings. The van der Waals surface area contributed by atoms with Crippen molar-refractivity contribution in [1.82, 2.24) is 19.7 Å². The van der Waals surface area contributed by atoms with Gasteiger partial charge in [0.25, 0.3) is 0 Å². The molecule has 2 aliphatic heterocycles. The van der Waals surface area contributed by atoms with Gasteiger partial charge in [-0.15, -0.1) is 0 Å². The summed E-state index contributed by atoms with van der Waals surface area (Å²) >= 11 is 0. The summed E-state index contributed by atoms with van der Waals surface area (Å²) in [5.74, 6) is 0.223. The van der Waals surface area contributed by atoms with Crippen molar-refractivity contribution in [3.63, 3.8) is 0 Å². The summed E-state index contributed by atoms with van der Waals surface area (Å²) in [6.07, 6.45) is 6.63. The van der Waals surface area contributed by atoms with Crippen LogP contribution in [0.25, 0.3) is 11.0 Å². The number of hydrogen-bond donors (Lipinski definition) is 0. The first-order chi connectivity index (χ1) is 11.7. The number of fused-ring (bicyclic) bond motifs is 1. The summed E-state index contributed by atoms with van der Waals surface area (Å²) in [7, 11) is 3.60. The minimum absolute atomic E-state index is 0.0708. The third kappa shape index (κ3) is 2.43. The van der Waals surface area contributed by atoms with Crippen LogP contribution in [0.2, 0.25) is 0 Å². The maximum absolute atomic E-state index is 13.0. The number of methoxy groups -OCH3 is 1. The third-order valence-electron chi connectivity index (χ3n) is 5.22. The second kappa shape index (κ2) is 6.05. The van der Waals surface area contributed by atoms with Crippen molar-refractivity contribution in [3.8, 4) is 0 Å². The third-order valence-corrected chi connectivity index (χ3v) is 5.22. The highest BCUT2D eigenvalue weighted by Gasteiger charge is 2.40. The van der Waals surface area contributed by atoms with Crippen molar-refractivity contribution in [2.24, 2.45) is 7.05 Å². The van der Waals surface area contributed by atoms with Crippen molar-refractivity contribution in [3.05, 3.63) is 18.5 Å². The van der Waals surface area contributed by atoms with Crippen LogP contribution in [0.15, 0.2) is 18.5 Å². The number of hydrogen-bond acceptors (Lipinski definition) is 5. The van der Waals surface area contributed by atoms with Gasteiger partial charge < -0.3 is 14.5 Å². The van der Waals surface area contributed by atoms with Gasteiger partial charge in [0, 0.05) is 46.4 Å². The number of rotatable bonds is 3. The van der Waals surface area contributed by atoms with Crippen LogP contribution in [0.4, 0.5) is 5.69 Å². The molecule has 0 unspecified atom stereocenters. The standard InChI is InChI=1S/C17H23N5O2/c1-20-16-13(10-19-20)14(5-6-18-16)22-11-12(24-2)9-15(22)17(23)21-7-3-4-8-21/h5-6,10,12,15H,3-4,7-9,11H2,1-2H3/t12-,15-/m0/s1. The van der Waals surface area contributed by atoms with E-state index in [9.17, 15) is 4.79 Å². The van der Waals surface area contributed by atoms with Crippen LogP contribution >= 0.6 is 0 Å². The molecular formula is C17H23N5O2. The SMILES string of the molecule is CO[C@H]1C[C@@H](C(=O)N2CCCC2)N(c2ccnc3c2cnn3C)C1.